The van der Waals surface area contributed by atoms with E-state index in [4.69, 9.17) is 27.6 Å². The quantitative estimate of drug-likeness (QED) is 0.677. The van der Waals surface area contributed by atoms with Crippen LogP contribution in [0.15, 0.2) is 39.4 Å². The van der Waals surface area contributed by atoms with Crippen LogP contribution in [-0.4, -0.2) is 36.8 Å². The molecule has 0 radical (unpaired) electrons. The van der Waals surface area contributed by atoms with Crippen molar-refractivity contribution in [2.75, 3.05) is 11.5 Å². The van der Waals surface area contributed by atoms with Crippen LogP contribution in [0, 0.1) is 0 Å². The first-order valence-electron chi connectivity index (χ1n) is 7.46. The second kappa shape index (κ2) is 7.31. The number of amides is 1. The number of hydrogen-bond acceptors (Lipinski definition) is 4. The Morgan fingerprint density at radius 3 is 2.60 bits per heavy atom. The van der Waals surface area contributed by atoms with Crippen LogP contribution in [-0.2, 0) is 16.4 Å². The molecular weight excluding hydrogens is 453 g/mol. The van der Waals surface area contributed by atoms with Gasteiger partial charge in [-0.3, -0.25) is 4.79 Å². The number of carbonyl (C=O) groups is 1. The Labute approximate surface area is 163 Å². The van der Waals surface area contributed by atoms with E-state index in [0.29, 0.717) is 26.7 Å². The van der Waals surface area contributed by atoms with Crippen molar-refractivity contribution < 1.29 is 17.6 Å². The molecule has 0 bridgehead atoms. The van der Waals surface area contributed by atoms with E-state index in [1.165, 1.54) is 4.90 Å². The zero-order valence-electron chi connectivity index (χ0n) is 12.9. The molecule has 0 aliphatic carbocycles. The Balaban J connectivity index is 1.92. The van der Waals surface area contributed by atoms with Crippen LogP contribution in [0.2, 0.25) is 10.0 Å². The highest BCUT2D eigenvalue weighted by Gasteiger charge is 2.36. The second-order valence-corrected chi connectivity index (χ2v) is 9.68. The van der Waals surface area contributed by atoms with Gasteiger partial charge in [0.15, 0.2) is 20.3 Å². The summed E-state index contributed by atoms with van der Waals surface area (Å²) in [4.78, 5) is 14.4. The summed E-state index contributed by atoms with van der Waals surface area (Å²) in [5.74, 6) is -0.233. The van der Waals surface area contributed by atoms with Crippen LogP contribution in [0.25, 0.3) is 0 Å². The normalized spacial score (nSPS) is 19.1. The van der Waals surface area contributed by atoms with Crippen molar-refractivity contribution in [1.82, 2.24) is 4.90 Å². The molecule has 0 unspecified atom stereocenters. The predicted molar refractivity (Wildman–Crippen MR) is 99.8 cm³/mol. The number of halogens is 3. The minimum absolute atomic E-state index is 0.0637. The molecule has 1 amide bonds. The Morgan fingerprint density at radius 1 is 1.28 bits per heavy atom. The van der Waals surface area contributed by atoms with Crippen LogP contribution < -0.4 is 0 Å². The maximum Gasteiger partial charge on any atom is 0.290 e. The van der Waals surface area contributed by atoms with Crippen molar-refractivity contribution in [3.05, 3.63) is 56.4 Å². The highest BCUT2D eigenvalue weighted by molar-refractivity contribution is 9.10. The van der Waals surface area contributed by atoms with Gasteiger partial charge in [-0.1, -0.05) is 29.3 Å². The van der Waals surface area contributed by atoms with Crippen LogP contribution in [0.1, 0.15) is 22.5 Å². The lowest BCUT2D eigenvalue weighted by atomic mass is 10.1. The van der Waals surface area contributed by atoms with Crippen molar-refractivity contribution in [3.8, 4) is 0 Å². The minimum Gasteiger partial charge on any atom is -0.444 e. The van der Waals surface area contributed by atoms with Gasteiger partial charge in [0.1, 0.15) is 0 Å². The first kappa shape index (κ1) is 18.8. The molecule has 1 aliphatic heterocycles. The first-order valence-corrected chi connectivity index (χ1v) is 10.8. The fourth-order valence-corrected chi connectivity index (χ4v) is 5.30. The molecule has 1 aromatic heterocycles. The van der Waals surface area contributed by atoms with Crippen LogP contribution in [0.3, 0.4) is 0 Å². The number of hydrogen-bond donors (Lipinski definition) is 0. The summed E-state index contributed by atoms with van der Waals surface area (Å²) in [5, 5.41) is 0.914. The summed E-state index contributed by atoms with van der Waals surface area (Å²) >= 11 is 15.3. The molecule has 134 valence electrons. The lowest BCUT2D eigenvalue weighted by Crippen LogP contribution is -2.40. The Hall–Kier alpha value is -1.02. The van der Waals surface area contributed by atoms with E-state index in [9.17, 15) is 13.2 Å². The minimum atomic E-state index is -3.15. The average molecular weight is 467 g/mol. The fourth-order valence-electron chi connectivity index (χ4n) is 2.79. The molecule has 1 atom stereocenters. The third-order valence-corrected chi connectivity index (χ3v) is 6.81. The molecular formula is C16H14BrCl2NO4S. The zero-order valence-corrected chi connectivity index (χ0v) is 16.8. The van der Waals surface area contributed by atoms with Gasteiger partial charge >= 0.3 is 0 Å². The zero-order chi connectivity index (χ0) is 18.2. The number of carbonyl (C=O) groups excluding carboxylic acids is 1. The SMILES string of the molecule is O=C(c1ccc(Br)o1)N(Cc1ccc(Cl)cc1Cl)[C@H]1CCS(=O)(=O)C1. The van der Waals surface area contributed by atoms with Gasteiger partial charge in [0.25, 0.3) is 5.91 Å². The van der Waals surface area contributed by atoms with E-state index in [0.717, 1.165) is 0 Å². The summed E-state index contributed by atoms with van der Waals surface area (Å²) < 4.78 is 29.5. The number of benzene rings is 1. The Bertz CT molecular complexity index is 913. The molecule has 1 aromatic carbocycles. The van der Waals surface area contributed by atoms with Crippen LogP contribution in [0.4, 0.5) is 0 Å². The fraction of sp³-hybridized carbons (Fsp3) is 0.312. The maximum atomic E-state index is 12.9. The highest BCUT2D eigenvalue weighted by atomic mass is 79.9. The smallest absolute Gasteiger partial charge is 0.290 e. The van der Waals surface area contributed by atoms with E-state index >= 15 is 0 Å². The Kier molecular flexibility index (Phi) is 5.48. The number of rotatable bonds is 4. The summed E-state index contributed by atoms with van der Waals surface area (Å²) in [7, 11) is -3.15. The van der Waals surface area contributed by atoms with Gasteiger partial charge in [-0.2, -0.15) is 0 Å². The average Bonchev–Trinajstić information content (AvgIpc) is 3.11. The monoisotopic (exact) mass is 465 g/mol. The topological polar surface area (TPSA) is 67.6 Å². The molecule has 5 nitrogen and oxygen atoms in total. The number of nitrogens with zero attached hydrogens (tertiary/aromatic N) is 1. The number of sulfone groups is 1. The summed E-state index contributed by atoms with van der Waals surface area (Å²) in [6.07, 6.45) is 0.390. The summed E-state index contributed by atoms with van der Waals surface area (Å²) in [6, 6.07) is 7.74. The van der Waals surface area contributed by atoms with E-state index in [-0.39, 0.29) is 29.7 Å². The van der Waals surface area contributed by atoms with Crippen molar-refractivity contribution in [2.24, 2.45) is 0 Å². The van der Waals surface area contributed by atoms with Crippen LogP contribution in [0.5, 0.6) is 0 Å². The van der Waals surface area contributed by atoms with Crippen molar-refractivity contribution in [2.45, 2.75) is 19.0 Å². The standard InChI is InChI=1S/C16H14BrCl2NO4S/c17-15-4-3-14(24-15)16(21)20(12-5-6-25(22,23)9-12)8-10-1-2-11(18)7-13(10)19/h1-4,7,12H,5-6,8-9H2/t12-/m0/s1. The van der Waals surface area contributed by atoms with Gasteiger partial charge in [0.2, 0.25) is 0 Å². The molecule has 0 saturated carbocycles. The molecule has 0 spiro atoms. The lowest BCUT2D eigenvalue weighted by molar-refractivity contribution is 0.0647. The molecule has 0 N–H and O–H groups in total. The van der Waals surface area contributed by atoms with Crippen molar-refractivity contribution in [1.29, 1.82) is 0 Å². The summed E-state index contributed by atoms with van der Waals surface area (Å²) in [6.45, 7) is 0.174. The van der Waals surface area contributed by atoms with Gasteiger partial charge in [-0.05, 0) is 52.2 Å². The third-order valence-electron chi connectivity index (χ3n) is 4.05. The van der Waals surface area contributed by atoms with E-state index < -0.39 is 15.9 Å². The largest absolute Gasteiger partial charge is 0.444 e. The molecule has 9 heteroatoms. The number of furan rings is 1. The van der Waals surface area contributed by atoms with Crippen LogP contribution >= 0.6 is 39.1 Å². The molecule has 1 aliphatic rings. The van der Waals surface area contributed by atoms with Gasteiger partial charge in [-0.25, -0.2) is 8.42 Å². The summed E-state index contributed by atoms with van der Waals surface area (Å²) in [5.41, 5.74) is 0.689. The molecule has 2 heterocycles. The lowest BCUT2D eigenvalue weighted by Gasteiger charge is -2.28. The van der Waals surface area contributed by atoms with Gasteiger partial charge in [0, 0.05) is 22.6 Å². The molecule has 1 fully saturated rings. The predicted octanol–water partition coefficient (Wildman–Crippen LogP) is 4.18. The molecule has 2 aromatic rings. The van der Waals surface area contributed by atoms with Gasteiger partial charge in [-0.15, -0.1) is 0 Å². The second-order valence-electron chi connectivity index (χ2n) is 5.83. The van der Waals surface area contributed by atoms with Crippen molar-refractivity contribution in [3.63, 3.8) is 0 Å². The maximum absolute atomic E-state index is 12.9. The van der Waals surface area contributed by atoms with Crippen molar-refractivity contribution >= 4 is 54.9 Å². The molecule has 3 rings (SSSR count). The van der Waals surface area contributed by atoms with Gasteiger partial charge < -0.3 is 9.32 Å². The first-order chi connectivity index (χ1) is 11.7. The Morgan fingerprint density at radius 2 is 2.04 bits per heavy atom. The molecule has 25 heavy (non-hydrogen) atoms. The highest BCUT2D eigenvalue weighted by Crippen LogP contribution is 2.27. The van der Waals surface area contributed by atoms with E-state index in [1.807, 2.05) is 0 Å². The van der Waals surface area contributed by atoms with Gasteiger partial charge in [0.05, 0.1) is 11.5 Å². The van der Waals surface area contributed by atoms with E-state index in [2.05, 4.69) is 15.9 Å². The van der Waals surface area contributed by atoms with E-state index in [1.54, 1.807) is 30.3 Å². The molecule has 1 saturated heterocycles. The third kappa shape index (κ3) is 4.39.